The molecule has 1 atom stereocenters. The molecule has 1 aromatic rings. The van der Waals surface area contributed by atoms with Crippen molar-refractivity contribution in [3.05, 3.63) is 11.7 Å². The van der Waals surface area contributed by atoms with Crippen molar-refractivity contribution in [1.29, 1.82) is 0 Å². The van der Waals surface area contributed by atoms with Crippen LogP contribution < -0.4 is 0 Å². The average molecular weight is 321 g/mol. The average Bonchev–Trinajstić information content (AvgIpc) is 3.04. The number of rotatable bonds is 3. The topological polar surface area (TPSA) is 76.3 Å². The first-order chi connectivity index (χ1) is 10.5. The van der Waals surface area contributed by atoms with Gasteiger partial charge in [-0.05, 0) is 18.3 Å². The van der Waals surface area contributed by atoms with Gasteiger partial charge in [-0.1, -0.05) is 46.7 Å². The molecule has 0 spiro atoms. The molecule has 128 valence electrons. The fourth-order valence-electron chi connectivity index (χ4n) is 2.67. The lowest BCUT2D eigenvalue weighted by atomic mass is 9.91. The van der Waals surface area contributed by atoms with Crippen LogP contribution in [0.3, 0.4) is 0 Å². The minimum atomic E-state index is -0.463. The Labute approximate surface area is 137 Å². The molecule has 1 amide bonds. The molecule has 6 nitrogen and oxygen atoms in total. The number of carbonyl (C=O) groups excluding carboxylic acids is 2. The van der Waals surface area contributed by atoms with Gasteiger partial charge in [0.25, 0.3) is 0 Å². The summed E-state index contributed by atoms with van der Waals surface area (Å²) in [6.45, 7) is 12.5. The van der Waals surface area contributed by atoms with Crippen LogP contribution >= 0.6 is 0 Å². The zero-order valence-electron chi connectivity index (χ0n) is 15.0. The summed E-state index contributed by atoms with van der Waals surface area (Å²) >= 11 is 0. The van der Waals surface area contributed by atoms with Crippen LogP contribution in [-0.4, -0.2) is 39.3 Å². The van der Waals surface area contributed by atoms with E-state index in [1.807, 2.05) is 41.5 Å². The highest BCUT2D eigenvalue weighted by Gasteiger charge is 2.38. The fraction of sp³-hybridized carbons (Fsp3) is 0.765. The number of Topliss-reactive ketones (excluding diaryl/α,β-unsaturated/α-hetero) is 1. The number of ketones is 1. The Bertz CT molecular complexity index is 593. The Hall–Kier alpha value is -1.72. The van der Waals surface area contributed by atoms with E-state index < -0.39 is 6.04 Å². The summed E-state index contributed by atoms with van der Waals surface area (Å²) in [6, 6.07) is -0.463. The number of hydrogen-bond donors (Lipinski definition) is 0. The molecule has 1 saturated heterocycles. The molecule has 23 heavy (non-hydrogen) atoms. The first-order valence-corrected chi connectivity index (χ1v) is 8.17. The standard InChI is InChI=1S/C17H27N3O3/c1-16(2,3)10-12(21)20-9-7-8-11(20)13(22)14-18-15(23-19-14)17(4,5)6/h11H,7-10H2,1-6H3. The number of carbonyl (C=O) groups is 2. The van der Waals surface area contributed by atoms with Gasteiger partial charge in [0.2, 0.25) is 23.4 Å². The zero-order valence-corrected chi connectivity index (χ0v) is 15.0. The second-order valence-corrected chi connectivity index (χ2v) is 8.52. The van der Waals surface area contributed by atoms with E-state index >= 15 is 0 Å². The number of nitrogens with zero attached hydrogens (tertiary/aromatic N) is 3. The van der Waals surface area contributed by atoms with E-state index in [9.17, 15) is 9.59 Å². The Morgan fingerprint density at radius 2 is 1.87 bits per heavy atom. The molecule has 2 rings (SSSR count). The molecule has 1 fully saturated rings. The zero-order chi connectivity index (χ0) is 17.4. The summed E-state index contributed by atoms with van der Waals surface area (Å²) in [5.74, 6) is 0.318. The molecule has 1 aliphatic heterocycles. The molecule has 0 bridgehead atoms. The van der Waals surface area contributed by atoms with Crippen molar-refractivity contribution >= 4 is 11.7 Å². The van der Waals surface area contributed by atoms with Gasteiger partial charge in [-0.3, -0.25) is 9.59 Å². The number of amides is 1. The van der Waals surface area contributed by atoms with E-state index in [0.29, 0.717) is 25.3 Å². The largest absolute Gasteiger partial charge is 0.338 e. The maximum atomic E-state index is 12.7. The second kappa shape index (κ2) is 6.06. The Kier molecular flexibility index (Phi) is 4.64. The molecule has 2 heterocycles. The third-order valence-electron chi connectivity index (χ3n) is 3.85. The van der Waals surface area contributed by atoms with E-state index in [1.54, 1.807) is 4.90 Å². The SMILES string of the molecule is CC(C)(C)CC(=O)N1CCCC1C(=O)c1noc(C(C)(C)C)n1. The van der Waals surface area contributed by atoms with Gasteiger partial charge in [0, 0.05) is 18.4 Å². The second-order valence-electron chi connectivity index (χ2n) is 8.52. The molecular weight excluding hydrogens is 294 g/mol. The highest BCUT2D eigenvalue weighted by Crippen LogP contribution is 2.27. The van der Waals surface area contributed by atoms with Gasteiger partial charge in [0.05, 0.1) is 6.04 Å². The molecule has 0 radical (unpaired) electrons. The van der Waals surface area contributed by atoms with Crippen molar-refractivity contribution in [2.24, 2.45) is 5.41 Å². The first kappa shape index (κ1) is 17.6. The van der Waals surface area contributed by atoms with Gasteiger partial charge in [0.15, 0.2) is 0 Å². The van der Waals surface area contributed by atoms with Crippen LogP contribution in [0.2, 0.25) is 0 Å². The summed E-state index contributed by atoms with van der Waals surface area (Å²) in [4.78, 5) is 31.1. The van der Waals surface area contributed by atoms with Gasteiger partial charge in [0.1, 0.15) is 0 Å². The van der Waals surface area contributed by atoms with E-state index in [4.69, 9.17) is 4.52 Å². The van der Waals surface area contributed by atoms with Gasteiger partial charge in [-0.25, -0.2) is 0 Å². The summed E-state index contributed by atoms with van der Waals surface area (Å²) < 4.78 is 5.20. The van der Waals surface area contributed by atoms with E-state index in [-0.39, 0.29) is 28.3 Å². The van der Waals surface area contributed by atoms with Crippen molar-refractivity contribution in [2.45, 2.75) is 72.3 Å². The monoisotopic (exact) mass is 321 g/mol. The molecule has 1 unspecified atom stereocenters. The summed E-state index contributed by atoms with van der Waals surface area (Å²) in [5, 5.41) is 3.82. The summed E-state index contributed by atoms with van der Waals surface area (Å²) in [5.41, 5.74) is -0.401. The fourth-order valence-corrected chi connectivity index (χ4v) is 2.67. The Morgan fingerprint density at radius 1 is 1.22 bits per heavy atom. The minimum Gasteiger partial charge on any atom is -0.338 e. The molecule has 0 aromatic carbocycles. The lowest BCUT2D eigenvalue weighted by Crippen LogP contribution is -2.42. The van der Waals surface area contributed by atoms with Crippen molar-refractivity contribution < 1.29 is 14.1 Å². The third-order valence-corrected chi connectivity index (χ3v) is 3.85. The first-order valence-electron chi connectivity index (χ1n) is 8.17. The predicted octanol–water partition coefficient (Wildman–Crippen LogP) is 2.98. The number of hydrogen-bond acceptors (Lipinski definition) is 5. The molecule has 0 saturated carbocycles. The minimum absolute atomic E-state index is 0.0212. The lowest BCUT2D eigenvalue weighted by Gasteiger charge is -2.26. The molecule has 0 aliphatic carbocycles. The van der Waals surface area contributed by atoms with Gasteiger partial charge >= 0.3 is 0 Å². The van der Waals surface area contributed by atoms with Crippen LogP contribution in [-0.2, 0) is 10.2 Å². The molecule has 6 heteroatoms. The normalized spacial score (nSPS) is 19.2. The van der Waals surface area contributed by atoms with Crippen molar-refractivity contribution in [2.75, 3.05) is 6.54 Å². The Balaban J connectivity index is 2.15. The van der Waals surface area contributed by atoms with Crippen LogP contribution in [0.15, 0.2) is 4.52 Å². The van der Waals surface area contributed by atoms with Crippen LogP contribution in [0.4, 0.5) is 0 Å². The van der Waals surface area contributed by atoms with Gasteiger partial charge < -0.3 is 9.42 Å². The van der Waals surface area contributed by atoms with E-state index in [1.165, 1.54) is 0 Å². The number of aromatic nitrogens is 2. The van der Waals surface area contributed by atoms with Crippen molar-refractivity contribution in [3.63, 3.8) is 0 Å². The highest BCUT2D eigenvalue weighted by molar-refractivity contribution is 5.99. The van der Waals surface area contributed by atoms with Crippen molar-refractivity contribution in [1.82, 2.24) is 15.0 Å². The van der Waals surface area contributed by atoms with Crippen LogP contribution in [0.5, 0.6) is 0 Å². The predicted molar refractivity (Wildman–Crippen MR) is 86.1 cm³/mol. The summed E-state index contributed by atoms with van der Waals surface area (Å²) in [7, 11) is 0. The molecular formula is C17H27N3O3. The van der Waals surface area contributed by atoms with Crippen LogP contribution in [0, 0.1) is 5.41 Å². The Morgan fingerprint density at radius 3 is 2.39 bits per heavy atom. The van der Waals surface area contributed by atoms with Gasteiger partial charge in [-0.15, -0.1) is 0 Å². The third kappa shape index (κ3) is 4.18. The maximum absolute atomic E-state index is 12.7. The molecule has 1 aromatic heterocycles. The van der Waals surface area contributed by atoms with E-state index in [0.717, 1.165) is 6.42 Å². The lowest BCUT2D eigenvalue weighted by molar-refractivity contribution is -0.133. The number of likely N-dealkylation sites (tertiary alicyclic amines) is 1. The highest BCUT2D eigenvalue weighted by atomic mass is 16.5. The van der Waals surface area contributed by atoms with E-state index in [2.05, 4.69) is 10.1 Å². The quantitative estimate of drug-likeness (QED) is 0.800. The van der Waals surface area contributed by atoms with Gasteiger partial charge in [-0.2, -0.15) is 4.98 Å². The smallest absolute Gasteiger partial charge is 0.240 e. The van der Waals surface area contributed by atoms with Crippen LogP contribution in [0.25, 0.3) is 0 Å². The maximum Gasteiger partial charge on any atom is 0.240 e. The van der Waals surface area contributed by atoms with Crippen molar-refractivity contribution in [3.8, 4) is 0 Å². The van der Waals surface area contributed by atoms with Crippen LogP contribution in [0.1, 0.15) is 77.3 Å². The molecule has 0 N–H and O–H groups in total. The summed E-state index contributed by atoms with van der Waals surface area (Å²) in [6.07, 6.45) is 1.92. The molecule has 1 aliphatic rings.